The topological polar surface area (TPSA) is 60.4 Å². The highest BCUT2D eigenvalue weighted by molar-refractivity contribution is 5.58. The number of aromatic nitrogens is 5. The van der Waals surface area contributed by atoms with E-state index < -0.39 is 17.4 Å². The van der Waals surface area contributed by atoms with Crippen LogP contribution in [0.4, 0.5) is 13.2 Å². The van der Waals surface area contributed by atoms with E-state index in [1.54, 1.807) is 18.6 Å². The van der Waals surface area contributed by atoms with Crippen molar-refractivity contribution in [2.75, 3.05) is 13.1 Å². The van der Waals surface area contributed by atoms with E-state index in [1.165, 1.54) is 34.1 Å². The molecule has 0 radical (unpaired) electrons. The number of hydrogen-bond acceptors (Lipinski definition) is 4. The van der Waals surface area contributed by atoms with Crippen molar-refractivity contribution in [2.45, 2.75) is 57.2 Å². The first-order valence-corrected chi connectivity index (χ1v) is 13.7. The number of likely N-dealkylation sites (tertiary alicyclic amines) is 1. The maximum atomic E-state index is 14.2. The number of hydrogen-bond donors (Lipinski definition) is 0. The third-order valence-electron chi connectivity index (χ3n) is 9.16. The Morgan fingerprint density at radius 2 is 1.95 bits per heavy atom. The molecule has 4 aromatic rings. The summed E-state index contributed by atoms with van der Waals surface area (Å²) in [7, 11) is 1.92. The Morgan fingerprint density at radius 3 is 2.59 bits per heavy atom. The summed E-state index contributed by atoms with van der Waals surface area (Å²) in [5, 5.41) is 8.43. The van der Waals surface area contributed by atoms with Gasteiger partial charge in [-0.3, -0.25) is 13.9 Å². The highest BCUT2D eigenvalue weighted by atomic mass is 19.4. The van der Waals surface area contributed by atoms with Gasteiger partial charge >= 0.3 is 11.9 Å². The predicted octanol–water partition coefficient (Wildman–Crippen LogP) is 5.16. The quantitative estimate of drug-likeness (QED) is 0.342. The van der Waals surface area contributed by atoms with Crippen LogP contribution in [0.1, 0.15) is 67.0 Å². The van der Waals surface area contributed by atoms with Gasteiger partial charge in [0.15, 0.2) is 0 Å². The monoisotopic (exact) mass is 536 g/mol. The number of imidazole rings is 1. The van der Waals surface area contributed by atoms with E-state index in [4.69, 9.17) is 0 Å². The molecule has 1 atom stereocenters. The predicted molar refractivity (Wildman–Crippen MR) is 140 cm³/mol. The molecule has 0 amide bonds. The van der Waals surface area contributed by atoms with Gasteiger partial charge in [0.25, 0.3) is 0 Å². The van der Waals surface area contributed by atoms with Gasteiger partial charge in [-0.15, -0.1) is 10.2 Å². The van der Waals surface area contributed by atoms with Crippen LogP contribution in [0.2, 0.25) is 0 Å². The normalized spacial score (nSPS) is 20.1. The molecule has 4 heterocycles. The fourth-order valence-corrected chi connectivity index (χ4v) is 6.60. The molecule has 0 unspecified atom stereocenters. The number of pyridine rings is 1. The highest BCUT2D eigenvalue weighted by Crippen LogP contribution is 2.53. The zero-order valence-corrected chi connectivity index (χ0v) is 21.9. The molecule has 39 heavy (non-hydrogen) atoms. The third-order valence-corrected chi connectivity index (χ3v) is 9.16. The van der Waals surface area contributed by atoms with E-state index in [9.17, 15) is 18.0 Å². The minimum absolute atomic E-state index is 0.00601. The SMILES string of the molecule is Cn1cnnc1[C@@H](c1cccc(-n2cc3c(C(F)(F)F)cc(CN4CCC5(CC5)C4)cn3c2=O)c1)C1CCC1. The lowest BCUT2D eigenvalue weighted by Crippen LogP contribution is -2.24. The lowest BCUT2D eigenvalue weighted by Gasteiger charge is -2.33. The molecule has 7 rings (SSSR count). The first kappa shape index (κ1) is 24.6. The molecular formula is C29H31F3N6O. The van der Waals surface area contributed by atoms with Gasteiger partial charge in [-0.2, -0.15) is 13.2 Å². The molecule has 1 spiro atoms. The van der Waals surface area contributed by atoms with Gasteiger partial charge in [0.05, 0.1) is 16.8 Å². The van der Waals surface area contributed by atoms with Gasteiger partial charge in [0.1, 0.15) is 12.2 Å². The number of nitrogens with zero attached hydrogens (tertiary/aromatic N) is 6. The molecule has 1 saturated heterocycles. The molecule has 3 aliphatic rings. The smallest absolute Gasteiger partial charge is 0.320 e. The lowest BCUT2D eigenvalue weighted by atomic mass is 9.72. The van der Waals surface area contributed by atoms with E-state index in [2.05, 4.69) is 15.1 Å². The Labute approximate surface area is 223 Å². The van der Waals surface area contributed by atoms with Crippen molar-refractivity contribution >= 4 is 5.52 Å². The summed E-state index contributed by atoms with van der Waals surface area (Å²) in [4.78, 5) is 15.8. The van der Waals surface area contributed by atoms with Crippen molar-refractivity contribution in [1.29, 1.82) is 0 Å². The molecule has 10 heteroatoms. The number of fused-ring (bicyclic) bond motifs is 1. The fourth-order valence-electron chi connectivity index (χ4n) is 6.60. The zero-order valence-electron chi connectivity index (χ0n) is 21.9. The molecule has 2 aliphatic carbocycles. The second-order valence-electron chi connectivity index (χ2n) is 11.8. The molecule has 7 nitrogen and oxygen atoms in total. The lowest BCUT2D eigenvalue weighted by molar-refractivity contribution is -0.136. The van der Waals surface area contributed by atoms with Crippen molar-refractivity contribution in [3.05, 3.63) is 82.1 Å². The summed E-state index contributed by atoms with van der Waals surface area (Å²) in [5.74, 6) is 1.27. The van der Waals surface area contributed by atoms with Crippen molar-refractivity contribution in [3.63, 3.8) is 0 Å². The molecule has 0 N–H and O–H groups in total. The Morgan fingerprint density at radius 1 is 1.13 bits per heavy atom. The van der Waals surface area contributed by atoms with E-state index in [0.717, 1.165) is 50.2 Å². The Hall–Kier alpha value is -3.40. The minimum atomic E-state index is -4.58. The minimum Gasteiger partial charge on any atom is -0.320 e. The van der Waals surface area contributed by atoms with Gasteiger partial charge in [0.2, 0.25) is 0 Å². The Bertz CT molecular complexity index is 1610. The number of benzene rings is 1. The second-order valence-corrected chi connectivity index (χ2v) is 11.8. The third kappa shape index (κ3) is 4.29. The molecule has 3 fully saturated rings. The summed E-state index contributed by atoms with van der Waals surface area (Å²) in [6.07, 6.45) is 6.83. The van der Waals surface area contributed by atoms with Crippen LogP contribution in [0.15, 0.2) is 53.8 Å². The number of aryl methyl sites for hydroxylation is 1. The van der Waals surface area contributed by atoms with Gasteiger partial charge in [-0.1, -0.05) is 18.6 Å². The fraction of sp³-hybridized carbons (Fsp3) is 0.483. The molecule has 3 aromatic heterocycles. The number of halogens is 3. The van der Waals surface area contributed by atoms with E-state index in [1.807, 2.05) is 29.8 Å². The van der Waals surface area contributed by atoms with Gasteiger partial charge in [-0.25, -0.2) is 4.79 Å². The number of rotatable bonds is 6. The largest absolute Gasteiger partial charge is 0.418 e. The van der Waals surface area contributed by atoms with Crippen LogP contribution in [0.5, 0.6) is 0 Å². The summed E-state index contributed by atoms with van der Waals surface area (Å²) < 4.78 is 47.1. The number of alkyl halides is 3. The Balaban J connectivity index is 1.29. The first-order chi connectivity index (χ1) is 18.7. The van der Waals surface area contributed by atoms with Crippen LogP contribution in [0.3, 0.4) is 0 Å². The van der Waals surface area contributed by atoms with Crippen LogP contribution in [-0.4, -0.2) is 41.7 Å². The molecule has 1 aliphatic heterocycles. The summed E-state index contributed by atoms with van der Waals surface area (Å²) in [6, 6.07) is 8.76. The van der Waals surface area contributed by atoms with Crippen LogP contribution in [-0.2, 0) is 19.8 Å². The van der Waals surface area contributed by atoms with Crippen LogP contribution < -0.4 is 5.69 Å². The van der Waals surface area contributed by atoms with E-state index in [0.29, 0.717) is 29.1 Å². The summed E-state index contributed by atoms with van der Waals surface area (Å²) in [5.41, 5.74) is 0.990. The average Bonchev–Trinajstić information content (AvgIpc) is 3.14. The standard InChI is InChI=1S/C29H31F3N6O/c1-35-18-33-34-26(35)25(20-4-2-5-20)21-6-3-7-22(13-21)37-16-24-23(29(30,31)32)12-19(15-38(24)27(37)39)14-36-11-10-28(17-36)8-9-28/h3,6-7,12-13,15-16,18,20,25H,2,4-5,8-11,14,17H2,1H3/t25-/m1/s1. The summed E-state index contributed by atoms with van der Waals surface area (Å²) in [6.45, 7) is 2.22. The van der Waals surface area contributed by atoms with Crippen LogP contribution >= 0.6 is 0 Å². The maximum Gasteiger partial charge on any atom is 0.418 e. The van der Waals surface area contributed by atoms with Gasteiger partial charge < -0.3 is 4.57 Å². The molecule has 2 saturated carbocycles. The van der Waals surface area contributed by atoms with Crippen molar-refractivity contribution < 1.29 is 13.2 Å². The molecule has 0 bridgehead atoms. The second kappa shape index (κ2) is 8.81. The maximum absolute atomic E-state index is 14.2. The van der Waals surface area contributed by atoms with Crippen LogP contribution in [0, 0.1) is 11.3 Å². The summed E-state index contributed by atoms with van der Waals surface area (Å²) >= 11 is 0. The van der Waals surface area contributed by atoms with Crippen LogP contribution in [0.25, 0.3) is 11.2 Å². The first-order valence-electron chi connectivity index (χ1n) is 13.7. The van der Waals surface area contributed by atoms with E-state index >= 15 is 0 Å². The van der Waals surface area contributed by atoms with Crippen molar-refractivity contribution in [3.8, 4) is 5.69 Å². The molecule has 204 valence electrons. The molecule has 1 aromatic carbocycles. The van der Waals surface area contributed by atoms with Crippen molar-refractivity contribution in [2.24, 2.45) is 18.4 Å². The highest BCUT2D eigenvalue weighted by Gasteiger charge is 2.47. The Kier molecular flexibility index (Phi) is 5.56. The van der Waals surface area contributed by atoms with Gasteiger partial charge in [0, 0.05) is 38.4 Å². The van der Waals surface area contributed by atoms with E-state index in [-0.39, 0.29) is 11.4 Å². The average molecular weight is 537 g/mol. The van der Waals surface area contributed by atoms with Gasteiger partial charge in [-0.05, 0) is 79.3 Å². The van der Waals surface area contributed by atoms with Crippen molar-refractivity contribution in [1.82, 2.24) is 28.6 Å². The zero-order chi connectivity index (χ0) is 26.9. The molecular weight excluding hydrogens is 505 g/mol.